The Morgan fingerprint density at radius 1 is 1.15 bits per heavy atom. The van der Waals surface area contributed by atoms with E-state index in [-0.39, 0.29) is 21.9 Å². The number of carbonyl (C=O) groups excluding carboxylic acids is 1. The molecule has 1 aromatic carbocycles. The summed E-state index contributed by atoms with van der Waals surface area (Å²) < 4.78 is 27.0. The molecule has 150 valence electrons. The van der Waals surface area contributed by atoms with Crippen molar-refractivity contribution in [1.29, 1.82) is 0 Å². The molecule has 2 fully saturated rings. The minimum atomic E-state index is -3.60. The van der Waals surface area contributed by atoms with Crippen molar-refractivity contribution >= 4 is 27.5 Å². The highest BCUT2D eigenvalue weighted by Crippen LogP contribution is 2.25. The van der Waals surface area contributed by atoms with Crippen molar-refractivity contribution in [3.8, 4) is 0 Å². The minimum absolute atomic E-state index is 0.0381. The number of hydrogen-bond donors (Lipinski definition) is 1. The van der Waals surface area contributed by atoms with Gasteiger partial charge in [0, 0.05) is 32.2 Å². The molecule has 1 aliphatic heterocycles. The zero-order valence-electron chi connectivity index (χ0n) is 15.7. The Labute approximate surface area is 166 Å². The Morgan fingerprint density at radius 3 is 2.48 bits per heavy atom. The highest BCUT2D eigenvalue weighted by atomic mass is 35.5. The number of nitrogens with zero attached hydrogens (tertiary/aromatic N) is 2. The second-order valence-corrected chi connectivity index (χ2v) is 9.86. The van der Waals surface area contributed by atoms with Crippen LogP contribution in [0, 0.1) is 5.92 Å². The molecule has 1 amide bonds. The van der Waals surface area contributed by atoms with Crippen molar-refractivity contribution in [1.82, 2.24) is 14.5 Å². The molecule has 3 rings (SSSR count). The zero-order chi connectivity index (χ0) is 19.4. The number of benzene rings is 1. The SMILES string of the molecule is C[C@@H]1CCCC[C@@H]1NC(=O)CN1CCN(S(=O)(=O)c2ccccc2Cl)CC1. The second kappa shape index (κ2) is 8.90. The van der Waals surface area contributed by atoms with Crippen LogP contribution in [0.25, 0.3) is 0 Å². The first-order chi connectivity index (χ1) is 12.9. The van der Waals surface area contributed by atoms with Gasteiger partial charge in [0.05, 0.1) is 11.6 Å². The highest BCUT2D eigenvalue weighted by molar-refractivity contribution is 7.89. The van der Waals surface area contributed by atoms with Crippen molar-refractivity contribution in [3.63, 3.8) is 0 Å². The number of sulfonamides is 1. The number of hydrogen-bond acceptors (Lipinski definition) is 4. The molecule has 1 saturated heterocycles. The molecule has 1 N–H and O–H groups in total. The highest BCUT2D eigenvalue weighted by Gasteiger charge is 2.31. The first kappa shape index (κ1) is 20.6. The van der Waals surface area contributed by atoms with Crippen molar-refractivity contribution in [2.24, 2.45) is 5.92 Å². The standard InChI is InChI=1S/C19H28ClN3O3S/c1-15-6-2-4-8-17(15)21-19(24)14-22-10-12-23(13-11-22)27(25,26)18-9-5-3-7-16(18)20/h3,5,7,9,15,17H,2,4,6,8,10-14H2,1H3,(H,21,24)/t15-,17+/m1/s1. The maximum absolute atomic E-state index is 12.8. The van der Waals surface area contributed by atoms with Gasteiger partial charge in [0.15, 0.2) is 0 Å². The normalized spacial score (nSPS) is 25.3. The van der Waals surface area contributed by atoms with Gasteiger partial charge in [-0.1, -0.05) is 43.5 Å². The van der Waals surface area contributed by atoms with Gasteiger partial charge in [0.1, 0.15) is 4.90 Å². The Morgan fingerprint density at radius 2 is 1.81 bits per heavy atom. The first-order valence-electron chi connectivity index (χ1n) is 9.64. The van der Waals surface area contributed by atoms with Crippen LogP contribution in [0.4, 0.5) is 0 Å². The van der Waals surface area contributed by atoms with E-state index in [9.17, 15) is 13.2 Å². The zero-order valence-corrected chi connectivity index (χ0v) is 17.3. The fraction of sp³-hybridized carbons (Fsp3) is 0.632. The van der Waals surface area contributed by atoms with Crippen LogP contribution >= 0.6 is 11.6 Å². The molecule has 8 heteroatoms. The smallest absolute Gasteiger partial charge is 0.244 e. The Kier molecular flexibility index (Phi) is 6.78. The van der Waals surface area contributed by atoms with Gasteiger partial charge >= 0.3 is 0 Å². The lowest BCUT2D eigenvalue weighted by Gasteiger charge is -2.34. The number of nitrogens with one attached hydrogen (secondary N) is 1. The molecule has 0 aromatic heterocycles. The molecule has 0 unspecified atom stereocenters. The Bertz CT molecular complexity index is 763. The largest absolute Gasteiger partial charge is 0.352 e. The maximum atomic E-state index is 12.8. The number of amides is 1. The van der Waals surface area contributed by atoms with E-state index in [0.717, 1.165) is 6.42 Å². The van der Waals surface area contributed by atoms with Gasteiger partial charge in [-0.3, -0.25) is 9.69 Å². The Balaban J connectivity index is 1.51. The van der Waals surface area contributed by atoms with E-state index in [1.165, 1.54) is 29.6 Å². The molecule has 1 aliphatic carbocycles. The summed E-state index contributed by atoms with van der Waals surface area (Å²) in [4.78, 5) is 14.5. The third kappa shape index (κ3) is 5.02. The van der Waals surface area contributed by atoms with E-state index in [1.54, 1.807) is 18.2 Å². The summed E-state index contributed by atoms with van der Waals surface area (Å²) in [5.74, 6) is 0.566. The maximum Gasteiger partial charge on any atom is 0.244 e. The summed E-state index contributed by atoms with van der Waals surface area (Å²) in [6, 6.07) is 6.77. The molecule has 0 radical (unpaired) electrons. The van der Waals surface area contributed by atoms with Crippen molar-refractivity contribution in [3.05, 3.63) is 29.3 Å². The lowest BCUT2D eigenvalue weighted by atomic mass is 9.86. The molecule has 0 spiro atoms. The van der Waals surface area contributed by atoms with Gasteiger partial charge < -0.3 is 5.32 Å². The quantitative estimate of drug-likeness (QED) is 0.804. The van der Waals surface area contributed by atoms with Crippen molar-refractivity contribution < 1.29 is 13.2 Å². The molecule has 1 heterocycles. The third-order valence-corrected chi connectivity index (χ3v) is 8.01. The lowest BCUT2D eigenvalue weighted by molar-refractivity contribution is -0.123. The molecule has 1 saturated carbocycles. The molecule has 1 aromatic rings. The molecule has 0 bridgehead atoms. The summed E-state index contributed by atoms with van der Waals surface area (Å²) >= 11 is 6.06. The van der Waals surface area contributed by atoms with E-state index in [1.807, 2.05) is 4.90 Å². The van der Waals surface area contributed by atoms with Crippen molar-refractivity contribution in [2.75, 3.05) is 32.7 Å². The van der Waals surface area contributed by atoms with Gasteiger partial charge in [0.2, 0.25) is 15.9 Å². The fourth-order valence-corrected chi connectivity index (χ4v) is 5.82. The van der Waals surface area contributed by atoms with E-state index in [2.05, 4.69) is 12.2 Å². The number of rotatable bonds is 5. The molecule has 2 atom stereocenters. The van der Waals surface area contributed by atoms with Gasteiger partial charge in [0.25, 0.3) is 0 Å². The summed E-state index contributed by atoms with van der Waals surface area (Å²) in [6.07, 6.45) is 4.64. The van der Waals surface area contributed by atoms with Crippen LogP contribution in [0.1, 0.15) is 32.6 Å². The van der Waals surface area contributed by atoms with Gasteiger partial charge in [-0.2, -0.15) is 4.31 Å². The summed E-state index contributed by atoms with van der Waals surface area (Å²) in [6.45, 7) is 4.32. The number of carbonyl (C=O) groups is 1. The number of piperazine rings is 1. The lowest BCUT2D eigenvalue weighted by Crippen LogP contribution is -2.52. The predicted octanol–water partition coefficient (Wildman–Crippen LogP) is 2.34. The molecule has 6 nitrogen and oxygen atoms in total. The van der Waals surface area contributed by atoms with E-state index >= 15 is 0 Å². The average molecular weight is 414 g/mol. The van der Waals surface area contributed by atoms with E-state index in [4.69, 9.17) is 11.6 Å². The van der Waals surface area contributed by atoms with Crippen LogP contribution in [-0.2, 0) is 14.8 Å². The number of halogens is 1. The van der Waals surface area contributed by atoms with Crippen LogP contribution in [0.5, 0.6) is 0 Å². The fourth-order valence-electron chi connectivity index (χ4n) is 3.91. The minimum Gasteiger partial charge on any atom is -0.352 e. The first-order valence-corrected chi connectivity index (χ1v) is 11.5. The van der Waals surface area contributed by atoms with Crippen LogP contribution in [-0.4, -0.2) is 62.3 Å². The van der Waals surface area contributed by atoms with Gasteiger partial charge in [-0.05, 0) is 30.9 Å². The second-order valence-electron chi connectivity index (χ2n) is 7.55. The van der Waals surface area contributed by atoms with Crippen LogP contribution in [0.3, 0.4) is 0 Å². The molecular formula is C19H28ClN3O3S. The van der Waals surface area contributed by atoms with Crippen LogP contribution in [0.2, 0.25) is 5.02 Å². The summed E-state index contributed by atoms with van der Waals surface area (Å²) in [7, 11) is -3.60. The van der Waals surface area contributed by atoms with E-state index < -0.39 is 10.0 Å². The van der Waals surface area contributed by atoms with E-state index in [0.29, 0.717) is 38.6 Å². The summed E-state index contributed by atoms with van der Waals surface area (Å²) in [5.41, 5.74) is 0. The van der Waals surface area contributed by atoms with Crippen LogP contribution in [0.15, 0.2) is 29.2 Å². The molecule has 27 heavy (non-hydrogen) atoms. The van der Waals surface area contributed by atoms with Gasteiger partial charge in [-0.15, -0.1) is 0 Å². The Hall–Kier alpha value is -1.15. The molecular weight excluding hydrogens is 386 g/mol. The predicted molar refractivity (Wildman–Crippen MR) is 106 cm³/mol. The van der Waals surface area contributed by atoms with Crippen molar-refractivity contribution in [2.45, 2.75) is 43.5 Å². The van der Waals surface area contributed by atoms with Crippen LogP contribution < -0.4 is 5.32 Å². The molecule has 2 aliphatic rings. The summed E-state index contributed by atoms with van der Waals surface area (Å²) in [5, 5.41) is 3.40. The monoisotopic (exact) mass is 413 g/mol. The average Bonchev–Trinajstić information content (AvgIpc) is 2.64. The topological polar surface area (TPSA) is 69.7 Å². The van der Waals surface area contributed by atoms with Gasteiger partial charge in [-0.25, -0.2) is 8.42 Å². The third-order valence-electron chi connectivity index (χ3n) is 5.61.